The summed E-state index contributed by atoms with van der Waals surface area (Å²) in [6, 6.07) is 0.395. The van der Waals surface area contributed by atoms with E-state index in [4.69, 9.17) is 4.74 Å². The largest absolute Gasteiger partial charge is 0.444 e. The molecular weight excluding hydrogens is 292 g/mol. The zero-order valence-electron chi connectivity index (χ0n) is 15.2. The second kappa shape index (κ2) is 6.91. The first-order chi connectivity index (χ1) is 10.7. The van der Waals surface area contributed by atoms with Gasteiger partial charge in [0.05, 0.1) is 12.2 Å². The number of carbonyl (C=O) groups excluding carboxylic acids is 1. The van der Waals surface area contributed by atoms with E-state index < -0.39 is 5.60 Å². The fourth-order valence-electron chi connectivity index (χ4n) is 2.98. The summed E-state index contributed by atoms with van der Waals surface area (Å²) in [5.74, 6) is 0. The quantitative estimate of drug-likeness (QED) is 0.926. The number of carbonyl (C=O) groups is 1. The molecule has 1 amide bonds. The van der Waals surface area contributed by atoms with E-state index in [0.29, 0.717) is 0 Å². The number of aromatic nitrogens is 2. The van der Waals surface area contributed by atoms with Gasteiger partial charge in [0.1, 0.15) is 5.60 Å². The Kier molecular flexibility index (Phi) is 5.34. The highest BCUT2D eigenvalue weighted by molar-refractivity contribution is 5.69. The van der Waals surface area contributed by atoms with Crippen molar-refractivity contribution in [1.82, 2.24) is 20.0 Å². The lowest BCUT2D eigenvalue weighted by Crippen LogP contribution is -2.48. The fourth-order valence-corrected chi connectivity index (χ4v) is 2.98. The van der Waals surface area contributed by atoms with Crippen LogP contribution in [0.5, 0.6) is 0 Å². The van der Waals surface area contributed by atoms with E-state index in [1.54, 1.807) is 0 Å². The molecular formula is C17H30N4O2. The van der Waals surface area contributed by atoms with Crippen LogP contribution in [0.1, 0.15) is 51.8 Å². The molecule has 1 aromatic rings. The van der Waals surface area contributed by atoms with Gasteiger partial charge < -0.3 is 15.0 Å². The van der Waals surface area contributed by atoms with Gasteiger partial charge in [0, 0.05) is 37.4 Å². The lowest BCUT2D eigenvalue weighted by molar-refractivity contribution is 0.0200. The molecule has 0 aromatic carbocycles. The van der Waals surface area contributed by atoms with Crippen molar-refractivity contribution in [3.05, 3.63) is 17.5 Å². The molecule has 0 aliphatic carbocycles. The average Bonchev–Trinajstić information content (AvgIpc) is 3.04. The SMILES string of the molecule is Cc1c(CN[C@@H](C)[C@H]2CCCN2C(=O)OC(C)(C)C)cnn1C. The first kappa shape index (κ1) is 17.8. The monoisotopic (exact) mass is 322 g/mol. The zero-order valence-corrected chi connectivity index (χ0v) is 15.2. The third kappa shape index (κ3) is 4.47. The van der Waals surface area contributed by atoms with Crippen molar-refractivity contribution in [2.24, 2.45) is 7.05 Å². The van der Waals surface area contributed by atoms with Gasteiger partial charge >= 0.3 is 6.09 Å². The molecule has 1 N–H and O–H groups in total. The number of nitrogens with zero attached hydrogens (tertiary/aromatic N) is 3. The van der Waals surface area contributed by atoms with Crippen LogP contribution in [-0.4, -0.2) is 45.0 Å². The van der Waals surface area contributed by atoms with Crippen LogP contribution in [0, 0.1) is 6.92 Å². The van der Waals surface area contributed by atoms with Crippen LogP contribution in [0.25, 0.3) is 0 Å². The van der Waals surface area contributed by atoms with E-state index in [-0.39, 0.29) is 18.2 Å². The molecule has 1 saturated heterocycles. The summed E-state index contributed by atoms with van der Waals surface area (Å²) in [6.07, 6.45) is 3.74. The Morgan fingerprint density at radius 3 is 2.78 bits per heavy atom. The van der Waals surface area contributed by atoms with Crippen LogP contribution in [-0.2, 0) is 18.3 Å². The molecule has 0 radical (unpaired) electrons. The predicted octanol–water partition coefficient (Wildman–Crippen LogP) is 2.61. The Balaban J connectivity index is 1.93. The summed E-state index contributed by atoms with van der Waals surface area (Å²) in [5, 5.41) is 7.81. The van der Waals surface area contributed by atoms with Gasteiger partial charge in [-0.3, -0.25) is 4.68 Å². The van der Waals surface area contributed by atoms with E-state index in [0.717, 1.165) is 25.9 Å². The standard InChI is InChI=1S/C17H30N4O2/c1-12(18-10-14-11-19-20(6)13(14)2)15-8-7-9-21(15)16(22)23-17(3,4)5/h11-12,15,18H,7-10H2,1-6H3/t12-,15+/m0/s1. The third-order valence-corrected chi connectivity index (χ3v) is 4.46. The van der Waals surface area contributed by atoms with E-state index in [9.17, 15) is 4.79 Å². The van der Waals surface area contributed by atoms with Crippen molar-refractivity contribution in [3.8, 4) is 0 Å². The smallest absolute Gasteiger partial charge is 0.410 e. The van der Waals surface area contributed by atoms with Gasteiger partial charge in [0.15, 0.2) is 0 Å². The average molecular weight is 322 g/mol. The van der Waals surface area contributed by atoms with Crippen LogP contribution < -0.4 is 5.32 Å². The van der Waals surface area contributed by atoms with Crippen LogP contribution in [0.2, 0.25) is 0 Å². The molecule has 23 heavy (non-hydrogen) atoms. The van der Waals surface area contributed by atoms with E-state index in [1.165, 1.54) is 11.3 Å². The molecule has 130 valence electrons. The maximum Gasteiger partial charge on any atom is 0.410 e. The van der Waals surface area contributed by atoms with Crippen molar-refractivity contribution in [1.29, 1.82) is 0 Å². The molecule has 0 unspecified atom stereocenters. The maximum atomic E-state index is 12.4. The molecule has 1 aliphatic heterocycles. The molecule has 0 bridgehead atoms. The zero-order chi connectivity index (χ0) is 17.2. The summed E-state index contributed by atoms with van der Waals surface area (Å²) < 4.78 is 7.41. The summed E-state index contributed by atoms with van der Waals surface area (Å²) in [7, 11) is 1.95. The van der Waals surface area contributed by atoms with Gasteiger partial charge in [-0.2, -0.15) is 5.10 Å². The molecule has 2 atom stereocenters. The topological polar surface area (TPSA) is 59.4 Å². The van der Waals surface area contributed by atoms with Gasteiger partial charge in [-0.25, -0.2) is 4.79 Å². The molecule has 1 aliphatic rings. The normalized spacial score (nSPS) is 19.9. The second-order valence-electron chi connectivity index (χ2n) is 7.43. The minimum Gasteiger partial charge on any atom is -0.444 e. The number of rotatable bonds is 4. The fraction of sp³-hybridized carbons (Fsp3) is 0.765. The van der Waals surface area contributed by atoms with Crippen molar-refractivity contribution >= 4 is 6.09 Å². The number of likely N-dealkylation sites (tertiary alicyclic amines) is 1. The lowest BCUT2D eigenvalue weighted by atomic mass is 10.1. The first-order valence-corrected chi connectivity index (χ1v) is 8.39. The molecule has 2 rings (SSSR count). The number of nitrogens with one attached hydrogen (secondary N) is 1. The Morgan fingerprint density at radius 1 is 1.52 bits per heavy atom. The van der Waals surface area contributed by atoms with Gasteiger partial charge in [-0.1, -0.05) is 0 Å². The number of hydrogen-bond acceptors (Lipinski definition) is 4. The molecule has 0 spiro atoms. The Morgan fingerprint density at radius 2 is 2.22 bits per heavy atom. The Bertz CT molecular complexity index is 547. The highest BCUT2D eigenvalue weighted by Crippen LogP contribution is 2.23. The summed E-state index contributed by atoms with van der Waals surface area (Å²) >= 11 is 0. The third-order valence-electron chi connectivity index (χ3n) is 4.46. The van der Waals surface area contributed by atoms with Crippen molar-refractivity contribution in [2.45, 2.75) is 71.7 Å². The molecule has 6 heteroatoms. The molecule has 6 nitrogen and oxygen atoms in total. The maximum absolute atomic E-state index is 12.4. The van der Waals surface area contributed by atoms with E-state index >= 15 is 0 Å². The van der Waals surface area contributed by atoms with Gasteiger partial charge in [-0.05, 0) is 47.5 Å². The molecule has 0 saturated carbocycles. The molecule has 1 fully saturated rings. The predicted molar refractivity (Wildman–Crippen MR) is 90.2 cm³/mol. The van der Waals surface area contributed by atoms with Gasteiger partial charge in [-0.15, -0.1) is 0 Å². The summed E-state index contributed by atoms with van der Waals surface area (Å²) in [5.41, 5.74) is 1.91. The summed E-state index contributed by atoms with van der Waals surface area (Å²) in [4.78, 5) is 14.2. The van der Waals surface area contributed by atoms with Crippen LogP contribution in [0.15, 0.2) is 6.20 Å². The van der Waals surface area contributed by atoms with E-state index in [1.807, 2.05) is 43.6 Å². The second-order valence-corrected chi connectivity index (χ2v) is 7.43. The number of hydrogen-bond donors (Lipinski definition) is 1. The minimum atomic E-state index is -0.451. The van der Waals surface area contributed by atoms with Crippen LogP contribution in [0.3, 0.4) is 0 Å². The van der Waals surface area contributed by atoms with E-state index in [2.05, 4.69) is 24.3 Å². The number of aryl methyl sites for hydroxylation is 1. The Hall–Kier alpha value is -1.56. The van der Waals surface area contributed by atoms with Crippen LogP contribution >= 0.6 is 0 Å². The number of ether oxygens (including phenoxy) is 1. The first-order valence-electron chi connectivity index (χ1n) is 8.39. The van der Waals surface area contributed by atoms with Gasteiger partial charge in [0.25, 0.3) is 0 Å². The Labute approximate surface area is 139 Å². The van der Waals surface area contributed by atoms with Crippen LogP contribution in [0.4, 0.5) is 4.79 Å². The lowest BCUT2D eigenvalue weighted by Gasteiger charge is -2.32. The highest BCUT2D eigenvalue weighted by Gasteiger charge is 2.35. The highest BCUT2D eigenvalue weighted by atomic mass is 16.6. The number of amides is 1. The van der Waals surface area contributed by atoms with Crippen molar-refractivity contribution in [3.63, 3.8) is 0 Å². The molecule has 1 aromatic heterocycles. The summed E-state index contributed by atoms with van der Waals surface area (Å²) in [6.45, 7) is 11.5. The van der Waals surface area contributed by atoms with Crippen molar-refractivity contribution in [2.75, 3.05) is 6.54 Å². The minimum absolute atomic E-state index is 0.182. The molecule has 2 heterocycles. The van der Waals surface area contributed by atoms with Gasteiger partial charge in [0.2, 0.25) is 0 Å². The van der Waals surface area contributed by atoms with Crippen molar-refractivity contribution < 1.29 is 9.53 Å².